The first kappa shape index (κ1) is 18.5. The number of para-hydroxylation sites is 1. The molecule has 0 radical (unpaired) electrons. The molecular weight excluding hydrogens is 341 g/mol. The highest BCUT2D eigenvalue weighted by molar-refractivity contribution is 6.07. The van der Waals surface area contributed by atoms with Gasteiger partial charge in [0.2, 0.25) is 0 Å². The van der Waals surface area contributed by atoms with Crippen molar-refractivity contribution in [1.82, 2.24) is 14.4 Å². The van der Waals surface area contributed by atoms with Gasteiger partial charge in [0.15, 0.2) is 0 Å². The summed E-state index contributed by atoms with van der Waals surface area (Å²) in [6.07, 6.45) is 8.16. The van der Waals surface area contributed by atoms with E-state index in [-0.39, 0.29) is 11.7 Å². The monoisotopic (exact) mass is 371 g/mol. The molecule has 4 nitrogen and oxygen atoms in total. The molecule has 1 aromatic carbocycles. The Morgan fingerprint density at radius 2 is 1.85 bits per heavy atom. The lowest BCUT2D eigenvalue weighted by atomic mass is 9.89. The number of hydrogen-bond donors (Lipinski definition) is 0. The van der Waals surface area contributed by atoms with Crippen molar-refractivity contribution < 1.29 is 9.18 Å². The molecule has 1 saturated heterocycles. The molecule has 0 spiro atoms. The Morgan fingerprint density at radius 1 is 1.11 bits per heavy atom. The van der Waals surface area contributed by atoms with E-state index in [1.54, 1.807) is 6.07 Å². The maximum atomic E-state index is 14.7. The molecule has 2 aliphatic rings. The minimum atomic E-state index is -0.224. The fraction of sp³-hybridized carbons (Fsp3) is 0.591. The van der Waals surface area contributed by atoms with Gasteiger partial charge in [0, 0.05) is 44.3 Å². The van der Waals surface area contributed by atoms with Crippen LogP contribution in [0.4, 0.5) is 4.39 Å². The predicted molar refractivity (Wildman–Crippen MR) is 106 cm³/mol. The molecule has 1 saturated carbocycles. The second-order valence-electron chi connectivity index (χ2n) is 8.06. The first-order valence-electron chi connectivity index (χ1n) is 10.5. The third-order valence-electron chi connectivity index (χ3n) is 6.37. The maximum Gasteiger partial charge on any atom is 0.256 e. The van der Waals surface area contributed by atoms with Gasteiger partial charge in [-0.1, -0.05) is 38.3 Å². The number of rotatable bonds is 4. The van der Waals surface area contributed by atoms with Crippen molar-refractivity contribution in [2.45, 2.75) is 45.6 Å². The van der Waals surface area contributed by atoms with E-state index in [0.717, 1.165) is 44.7 Å². The predicted octanol–water partition coefficient (Wildman–Crippen LogP) is 4.14. The van der Waals surface area contributed by atoms with Crippen molar-refractivity contribution in [1.29, 1.82) is 0 Å². The van der Waals surface area contributed by atoms with E-state index in [4.69, 9.17) is 0 Å². The molecule has 2 fully saturated rings. The quantitative estimate of drug-likeness (QED) is 0.808. The molecule has 27 heavy (non-hydrogen) atoms. The van der Waals surface area contributed by atoms with E-state index >= 15 is 0 Å². The zero-order valence-corrected chi connectivity index (χ0v) is 16.3. The first-order valence-corrected chi connectivity index (χ1v) is 10.5. The van der Waals surface area contributed by atoms with Gasteiger partial charge < -0.3 is 14.4 Å². The molecular formula is C22H30FN3O. The average Bonchev–Trinajstić information content (AvgIpc) is 3.08. The molecule has 5 heteroatoms. The molecule has 2 aromatic rings. The molecule has 0 bridgehead atoms. The Kier molecular flexibility index (Phi) is 5.48. The number of fused-ring (bicyclic) bond motifs is 1. The SMILES string of the molecule is CCN1CCN(C(=O)c2cn(CC3CCCCC3)c3c(F)cccc23)CC1. The third kappa shape index (κ3) is 3.75. The Bertz CT molecular complexity index is 801. The van der Waals surface area contributed by atoms with E-state index in [1.165, 1.54) is 38.2 Å². The van der Waals surface area contributed by atoms with Crippen LogP contribution in [0.15, 0.2) is 24.4 Å². The van der Waals surface area contributed by atoms with Crippen LogP contribution in [0.3, 0.4) is 0 Å². The molecule has 4 rings (SSSR count). The van der Waals surface area contributed by atoms with Gasteiger partial charge in [-0.2, -0.15) is 0 Å². The number of carbonyl (C=O) groups excluding carboxylic acids is 1. The fourth-order valence-corrected chi connectivity index (χ4v) is 4.71. The zero-order chi connectivity index (χ0) is 18.8. The van der Waals surface area contributed by atoms with Crippen molar-refractivity contribution >= 4 is 16.8 Å². The number of benzene rings is 1. The van der Waals surface area contributed by atoms with Crippen molar-refractivity contribution in [2.75, 3.05) is 32.7 Å². The molecule has 146 valence electrons. The van der Waals surface area contributed by atoms with E-state index in [9.17, 15) is 9.18 Å². The van der Waals surface area contributed by atoms with Crippen LogP contribution in [-0.4, -0.2) is 53.0 Å². The number of nitrogens with zero attached hydrogens (tertiary/aromatic N) is 3. The van der Waals surface area contributed by atoms with Crippen molar-refractivity contribution in [3.8, 4) is 0 Å². The van der Waals surface area contributed by atoms with E-state index in [0.29, 0.717) is 17.0 Å². The molecule has 0 N–H and O–H groups in total. The number of likely N-dealkylation sites (N-methyl/N-ethyl adjacent to an activating group) is 1. The van der Waals surface area contributed by atoms with Crippen LogP contribution in [0.25, 0.3) is 10.9 Å². The number of aromatic nitrogens is 1. The Balaban J connectivity index is 1.62. The summed E-state index contributed by atoms with van der Waals surface area (Å²) in [7, 11) is 0. The molecule has 0 atom stereocenters. The largest absolute Gasteiger partial charge is 0.344 e. The molecule has 0 unspecified atom stereocenters. The zero-order valence-electron chi connectivity index (χ0n) is 16.3. The topological polar surface area (TPSA) is 28.5 Å². The van der Waals surface area contributed by atoms with Crippen molar-refractivity contribution in [2.24, 2.45) is 5.92 Å². The second-order valence-corrected chi connectivity index (χ2v) is 8.06. The number of halogens is 1. The fourth-order valence-electron chi connectivity index (χ4n) is 4.71. The van der Waals surface area contributed by atoms with Crippen LogP contribution in [-0.2, 0) is 6.54 Å². The molecule has 1 aliphatic carbocycles. The van der Waals surface area contributed by atoms with Crippen LogP contribution in [0.5, 0.6) is 0 Å². The summed E-state index contributed by atoms with van der Waals surface area (Å²) in [6.45, 7) is 7.31. The number of carbonyl (C=O) groups is 1. The van der Waals surface area contributed by atoms with Crippen molar-refractivity contribution in [3.05, 3.63) is 35.8 Å². The lowest BCUT2D eigenvalue weighted by molar-refractivity contribution is 0.0645. The van der Waals surface area contributed by atoms with Crippen LogP contribution in [0.1, 0.15) is 49.4 Å². The molecule has 1 aromatic heterocycles. The van der Waals surface area contributed by atoms with E-state index < -0.39 is 0 Å². The minimum absolute atomic E-state index is 0.0451. The van der Waals surface area contributed by atoms with Crippen LogP contribution >= 0.6 is 0 Å². The first-order chi connectivity index (χ1) is 13.2. The summed E-state index contributed by atoms with van der Waals surface area (Å²) < 4.78 is 16.7. The lowest BCUT2D eigenvalue weighted by Crippen LogP contribution is -2.48. The third-order valence-corrected chi connectivity index (χ3v) is 6.37. The summed E-state index contributed by atoms with van der Waals surface area (Å²) in [5, 5.41) is 0.758. The van der Waals surface area contributed by atoms with Gasteiger partial charge in [-0.25, -0.2) is 4.39 Å². The standard InChI is InChI=1S/C22H30FN3O/c1-2-24-11-13-25(14-12-24)22(27)19-16-26(15-17-7-4-3-5-8-17)21-18(19)9-6-10-20(21)23/h6,9-10,16-17H,2-5,7-8,11-15H2,1H3. The second kappa shape index (κ2) is 8.01. The van der Waals surface area contributed by atoms with Gasteiger partial charge in [-0.15, -0.1) is 0 Å². The summed E-state index contributed by atoms with van der Waals surface area (Å²) >= 11 is 0. The van der Waals surface area contributed by atoms with Gasteiger partial charge >= 0.3 is 0 Å². The Labute approximate surface area is 160 Å². The van der Waals surface area contributed by atoms with Crippen LogP contribution in [0, 0.1) is 11.7 Å². The van der Waals surface area contributed by atoms with E-state index in [2.05, 4.69) is 11.8 Å². The number of hydrogen-bond acceptors (Lipinski definition) is 2. The summed E-state index contributed by atoms with van der Waals surface area (Å²) in [4.78, 5) is 17.5. The molecule has 2 heterocycles. The number of amides is 1. The maximum absolute atomic E-state index is 14.7. The normalized spacial score (nSPS) is 19.7. The Morgan fingerprint density at radius 3 is 2.56 bits per heavy atom. The number of piperazine rings is 1. The van der Waals surface area contributed by atoms with Crippen LogP contribution in [0.2, 0.25) is 0 Å². The van der Waals surface area contributed by atoms with Gasteiger partial charge in [-0.3, -0.25) is 4.79 Å². The van der Waals surface area contributed by atoms with E-state index in [1.807, 2.05) is 21.7 Å². The lowest BCUT2D eigenvalue weighted by Gasteiger charge is -2.34. The Hall–Kier alpha value is -1.88. The summed E-state index contributed by atoms with van der Waals surface area (Å²) in [5.74, 6) is 0.409. The summed E-state index contributed by atoms with van der Waals surface area (Å²) in [5.41, 5.74) is 1.25. The average molecular weight is 372 g/mol. The highest BCUT2D eigenvalue weighted by Gasteiger charge is 2.26. The van der Waals surface area contributed by atoms with Gasteiger partial charge in [0.25, 0.3) is 5.91 Å². The molecule has 1 aliphatic heterocycles. The minimum Gasteiger partial charge on any atom is -0.344 e. The smallest absolute Gasteiger partial charge is 0.256 e. The van der Waals surface area contributed by atoms with Gasteiger partial charge in [-0.05, 0) is 31.4 Å². The molecule has 1 amide bonds. The highest BCUT2D eigenvalue weighted by atomic mass is 19.1. The highest BCUT2D eigenvalue weighted by Crippen LogP contribution is 2.30. The van der Waals surface area contributed by atoms with Gasteiger partial charge in [0.05, 0.1) is 11.1 Å². The summed E-state index contributed by atoms with van der Waals surface area (Å²) in [6, 6.07) is 5.12. The van der Waals surface area contributed by atoms with Gasteiger partial charge in [0.1, 0.15) is 5.82 Å². The van der Waals surface area contributed by atoms with Crippen molar-refractivity contribution in [3.63, 3.8) is 0 Å². The van der Waals surface area contributed by atoms with Crippen LogP contribution < -0.4 is 0 Å².